The Morgan fingerprint density at radius 1 is 0.652 bits per heavy atom. The van der Waals surface area contributed by atoms with E-state index in [-0.39, 0.29) is 60.9 Å². The molecule has 2 atom stereocenters. The summed E-state index contributed by atoms with van der Waals surface area (Å²) in [5.41, 5.74) is 12.9. The summed E-state index contributed by atoms with van der Waals surface area (Å²) in [7, 11) is -3.39. The maximum absolute atomic E-state index is 12.8. The van der Waals surface area contributed by atoms with Crippen LogP contribution in [0, 0.1) is 6.92 Å². The number of halogens is 7. The first-order valence-corrected chi connectivity index (χ1v) is 22.2. The van der Waals surface area contributed by atoms with Crippen molar-refractivity contribution in [3.8, 4) is 56.3 Å². The Balaban J connectivity index is 0.000000216. The monoisotopic (exact) mass is 958 g/mol. The van der Waals surface area contributed by atoms with Gasteiger partial charge < -0.3 is 35.0 Å². The van der Waals surface area contributed by atoms with E-state index in [1.807, 2.05) is 70.7 Å². The molecule has 2 amide bonds. The molecule has 20 heteroatoms. The molecule has 2 aliphatic heterocycles. The number of sulfonamides is 1. The van der Waals surface area contributed by atoms with Gasteiger partial charge in [-0.15, -0.1) is 38.7 Å². The molecule has 2 aliphatic rings. The number of carbonyl (C=O) groups is 2. The second-order valence-electron chi connectivity index (χ2n) is 15.5. The Morgan fingerprint density at radius 3 is 1.58 bits per heavy atom. The quantitative estimate of drug-likeness (QED) is 0.0892. The van der Waals surface area contributed by atoms with E-state index in [1.165, 1.54) is 36.4 Å². The molecule has 12 nitrogen and oxygen atoms in total. The van der Waals surface area contributed by atoms with Gasteiger partial charge in [-0.2, -0.15) is 0 Å². The average Bonchev–Trinajstić information content (AvgIpc) is 3.84. The number of benzene rings is 4. The minimum atomic E-state index is -4.83. The molecule has 6 aromatic rings. The molecule has 0 saturated heterocycles. The molecule has 8 rings (SSSR count). The van der Waals surface area contributed by atoms with Gasteiger partial charge in [0.1, 0.15) is 22.9 Å². The summed E-state index contributed by atoms with van der Waals surface area (Å²) in [6, 6.07) is 31.4. The summed E-state index contributed by atoms with van der Waals surface area (Å²) in [5.74, 6) is -1.23. The van der Waals surface area contributed by atoms with E-state index in [1.54, 1.807) is 24.3 Å². The molecule has 4 aromatic carbocycles. The Kier molecular flexibility index (Phi) is 15.0. The Morgan fingerprint density at radius 2 is 1.11 bits per heavy atom. The highest BCUT2D eigenvalue weighted by molar-refractivity contribution is 7.88. The molecule has 4 heterocycles. The molecular formula is C46H45ClF6N6O6S. The van der Waals surface area contributed by atoms with E-state index >= 15 is 0 Å². The highest BCUT2D eigenvalue weighted by Crippen LogP contribution is 2.42. The third-order valence-electron chi connectivity index (χ3n) is 10.7. The number of rotatable bonds is 12. The van der Waals surface area contributed by atoms with Crippen LogP contribution in [-0.4, -0.2) is 74.5 Å². The number of fused-ring (bicyclic) bond motifs is 2. The van der Waals surface area contributed by atoms with Crippen molar-refractivity contribution in [2.24, 2.45) is 5.73 Å². The molecule has 0 bridgehead atoms. The summed E-state index contributed by atoms with van der Waals surface area (Å²) < 4.78 is 114. The van der Waals surface area contributed by atoms with Crippen LogP contribution in [0.1, 0.15) is 51.5 Å². The van der Waals surface area contributed by atoms with Crippen molar-refractivity contribution in [2.45, 2.75) is 44.6 Å². The summed E-state index contributed by atoms with van der Waals surface area (Å²) in [4.78, 5) is 25.4. The van der Waals surface area contributed by atoms with Gasteiger partial charge in [0.2, 0.25) is 10.0 Å². The lowest BCUT2D eigenvalue weighted by atomic mass is 9.99. The van der Waals surface area contributed by atoms with Crippen molar-refractivity contribution in [3.63, 3.8) is 0 Å². The number of nitrogens with one attached hydrogen (secondary N) is 3. The van der Waals surface area contributed by atoms with E-state index < -0.39 is 22.7 Å². The van der Waals surface area contributed by atoms with E-state index in [9.17, 15) is 44.3 Å². The zero-order chi connectivity index (χ0) is 46.7. The molecule has 0 fully saturated rings. The molecule has 0 saturated carbocycles. The first kappa shape index (κ1) is 49.2. The highest BCUT2D eigenvalue weighted by atomic mass is 35.5. The van der Waals surface area contributed by atoms with Crippen LogP contribution >= 0.6 is 12.4 Å². The maximum Gasteiger partial charge on any atom is 0.573 e. The van der Waals surface area contributed by atoms with Gasteiger partial charge in [-0.1, -0.05) is 78.4 Å². The van der Waals surface area contributed by atoms with Gasteiger partial charge in [-0.25, -0.2) is 13.1 Å². The zero-order valence-electron chi connectivity index (χ0n) is 35.4. The average molecular weight is 959 g/mol. The number of amides is 2. The standard InChI is InChI=1S/C23H22F3N3O4S.C23H22F3N3O2.ClH/c1-34(31,32)28-11-10-17-14-27-22(30)20-13-19(21(29(17)20)15-6-3-2-4-7-15)16-8-5-9-18(12-16)33-23(24,25)26;1-14-4-2-6-16(10-14)21-19(15-5-3-7-18(11-15)31-23(24,25)26)12-20-22(30)28-13-17(8-9-27)29(20)21;/h2-9,12-13,17,28H,10-11,14H2,1H3,(H,27,30);2-7,10-12,17H,8-9,13,27H2,1H3,(H,28,30);1H/t2*17-;/m00./s1. The van der Waals surface area contributed by atoms with E-state index in [0.29, 0.717) is 65.3 Å². The van der Waals surface area contributed by atoms with Gasteiger partial charge >= 0.3 is 12.7 Å². The third kappa shape index (κ3) is 11.7. The smallest absolute Gasteiger partial charge is 0.406 e. The van der Waals surface area contributed by atoms with E-state index in [2.05, 4.69) is 24.8 Å². The number of nitrogens with two attached hydrogens (primary N) is 1. The Bertz CT molecular complexity index is 2810. The van der Waals surface area contributed by atoms with Gasteiger partial charge in [0.25, 0.3) is 11.8 Å². The summed E-state index contributed by atoms with van der Waals surface area (Å²) >= 11 is 0. The fourth-order valence-corrected chi connectivity index (χ4v) is 8.64. The van der Waals surface area contributed by atoms with Crippen molar-refractivity contribution >= 4 is 34.2 Å². The summed E-state index contributed by atoms with van der Waals surface area (Å²) in [6.45, 7) is 3.28. The number of ether oxygens (including phenoxy) is 2. The second kappa shape index (κ2) is 20.1. The summed E-state index contributed by atoms with van der Waals surface area (Å²) in [6.07, 6.45) is -7.51. The maximum atomic E-state index is 12.8. The third-order valence-corrected chi connectivity index (χ3v) is 11.4. The number of hydrogen-bond acceptors (Lipinski definition) is 7. The number of carbonyl (C=O) groups excluding carboxylic acids is 2. The largest absolute Gasteiger partial charge is 0.573 e. The molecule has 0 radical (unpaired) electrons. The first-order valence-electron chi connectivity index (χ1n) is 20.3. The van der Waals surface area contributed by atoms with Gasteiger partial charge in [0.15, 0.2) is 0 Å². The fraction of sp³-hybridized carbons (Fsp3) is 0.261. The minimum Gasteiger partial charge on any atom is -0.406 e. The van der Waals surface area contributed by atoms with Crippen molar-refractivity contribution in [3.05, 3.63) is 132 Å². The predicted molar refractivity (Wildman–Crippen MR) is 240 cm³/mol. The molecule has 0 unspecified atom stereocenters. The van der Waals surface area contributed by atoms with Gasteiger partial charge in [0, 0.05) is 30.8 Å². The van der Waals surface area contributed by atoms with Gasteiger partial charge in [-0.05, 0) is 91.0 Å². The fourth-order valence-electron chi connectivity index (χ4n) is 8.15. The lowest BCUT2D eigenvalue weighted by Crippen LogP contribution is -2.40. The van der Waals surface area contributed by atoms with Crippen molar-refractivity contribution in [1.82, 2.24) is 24.5 Å². The van der Waals surface area contributed by atoms with Crippen LogP contribution in [0.25, 0.3) is 44.8 Å². The topological polar surface area (TPSA) is 159 Å². The predicted octanol–water partition coefficient (Wildman–Crippen LogP) is 9.03. The van der Waals surface area contributed by atoms with Crippen LogP contribution in [-0.2, 0) is 10.0 Å². The molecule has 66 heavy (non-hydrogen) atoms. The van der Waals surface area contributed by atoms with Crippen molar-refractivity contribution in [1.29, 1.82) is 0 Å². The van der Waals surface area contributed by atoms with Crippen molar-refractivity contribution < 1.29 is 53.8 Å². The lowest BCUT2D eigenvalue weighted by Gasteiger charge is -2.29. The SMILES string of the molecule is CS(=O)(=O)NCC[C@H]1CNC(=O)c2cc(-c3cccc(OC(F)(F)F)c3)c(-c3ccccc3)n21.Cc1cccc(-c2c(-c3cccc(OC(F)(F)F)c3)cc3n2[C@@H](CCN)CNC3=O)c1.Cl. The van der Waals surface area contributed by atoms with Crippen LogP contribution in [0.5, 0.6) is 11.5 Å². The number of nitrogens with zero attached hydrogens (tertiary/aromatic N) is 2. The second-order valence-corrected chi connectivity index (χ2v) is 17.3. The van der Waals surface area contributed by atoms with Crippen LogP contribution in [0.2, 0.25) is 0 Å². The van der Waals surface area contributed by atoms with Gasteiger partial charge in [0.05, 0.1) is 29.7 Å². The Labute approximate surface area is 382 Å². The van der Waals surface area contributed by atoms with Crippen molar-refractivity contribution in [2.75, 3.05) is 32.4 Å². The minimum absolute atomic E-state index is 0. The summed E-state index contributed by atoms with van der Waals surface area (Å²) in [5, 5.41) is 5.69. The molecule has 5 N–H and O–H groups in total. The van der Waals surface area contributed by atoms with Gasteiger partial charge in [-0.3, -0.25) is 9.59 Å². The highest BCUT2D eigenvalue weighted by Gasteiger charge is 2.35. The number of aromatic nitrogens is 2. The zero-order valence-corrected chi connectivity index (χ0v) is 37.0. The van der Waals surface area contributed by atoms with Crippen LogP contribution in [0.15, 0.2) is 115 Å². The van der Waals surface area contributed by atoms with E-state index in [4.69, 9.17) is 5.73 Å². The first-order chi connectivity index (χ1) is 30.8. The lowest BCUT2D eigenvalue weighted by molar-refractivity contribution is -0.275. The normalized spacial score (nSPS) is 15.8. The Hall–Kier alpha value is -6.28. The van der Waals surface area contributed by atoms with Crippen LogP contribution < -0.4 is 30.6 Å². The van der Waals surface area contributed by atoms with E-state index in [0.717, 1.165) is 28.6 Å². The number of aryl methyl sites for hydroxylation is 1. The molecule has 350 valence electrons. The molecular weight excluding hydrogens is 914 g/mol. The molecule has 0 aliphatic carbocycles. The number of hydrogen-bond donors (Lipinski definition) is 4. The van der Waals surface area contributed by atoms with Crippen LogP contribution in [0.4, 0.5) is 26.3 Å². The number of alkyl halides is 6. The molecule has 0 spiro atoms. The molecule has 2 aromatic heterocycles. The van der Waals surface area contributed by atoms with Crippen LogP contribution in [0.3, 0.4) is 0 Å².